The summed E-state index contributed by atoms with van der Waals surface area (Å²) in [5.74, 6) is 1.24. The fourth-order valence-corrected chi connectivity index (χ4v) is 2.26. The standard InChI is InChI=1S/C17H24N4/c1-13(2)17-19-11-16(15(20-17)10-18-3)21(4)12-14-8-6-5-7-9-14/h5-9,11,13,18H,10,12H2,1-4H3. The van der Waals surface area contributed by atoms with Crippen molar-refractivity contribution in [3.8, 4) is 0 Å². The zero-order valence-corrected chi connectivity index (χ0v) is 13.3. The Hall–Kier alpha value is -1.94. The molecule has 0 radical (unpaired) electrons. The molecular formula is C17H24N4. The number of nitrogens with zero attached hydrogens (tertiary/aromatic N) is 3. The normalized spacial score (nSPS) is 10.9. The van der Waals surface area contributed by atoms with E-state index in [0.29, 0.717) is 5.92 Å². The Labute approximate surface area is 127 Å². The first-order chi connectivity index (χ1) is 10.1. The third-order valence-corrected chi connectivity index (χ3v) is 3.40. The van der Waals surface area contributed by atoms with Crippen molar-refractivity contribution in [3.63, 3.8) is 0 Å². The van der Waals surface area contributed by atoms with E-state index in [9.17, 15) is 0 Å². The Kier molecular flexibility index (Phi) is 5.28. The fourth-order valence-electron chi connectivity index (χ4n) is 2.26. The number of hydrogen-bond donors (Lipinski definition) is 1. The van der Waals surface area contributed by atoms with Crippen molar-refractivity contribution in [2.45, 2.75) is 32.9 Å². The zero-order chi connectivity index (χ0) is 15.2. The quantitative estimate of drug-likeness (QED) is 0.885. The van der Waals surface area contributed by atoms with E-state index in [0.717, 1.165) is 30.3 Å². The van der Waals surface area contributed by atoms with E-state index in [1.807, 2.05) is 19.3 Å². The van der Waals surface area contributed by atoms with E-state index in [1.165, 1.54) is 5.56 Å². The van der Waals surface area contributed by atoms with Gasteiger partial charge >= 0.3 is 0 Å². The molecule has 21 heavy (non-hydrogen) atoms. The predicted octanol–water partition coefficient (Wildman–Crippen LogP) is 2.96. The van der Waals surface area contributed by atoms with Crippen molar-refractivity contribution in [2.75, 3.05) is 19.0 Å². The minimum atomic E-state index is 0.342. The van der Waals surface area contributed by atoms with Crippen LogP contribution in [0, 0.1) is 0 Å². The third kappa shape index (κ3) is 4.02. The molecule has 4 nitrogen and oxygen atoms in total. The molecule has 1 aromatic heterocycles. The summed E-state index contributed by atoms with van der Waals surface area (Å²) in [4.78, 5) is 11.4. The molecule has 112 valence electrons. The van der Waals surface area contributed by atoms with E-state index < -0.39 is 0 Å². The summed E-state index contributed by atoms with van der Waals surface area (Å²) in [6.07, 6.45) is 1.94. The molecule has 4 heteroatoms. The van der Waals surface area contributed by atoms with Crippen LogP contribution in [0.3, 0.4) is 0 Å². The van der Waals surface area contributed by atoms with Gasteiger partial charge in [-0.05, 0) is 12.6 Å². The summed E-state index contributed by atoms with van der Waals surface area (Å²) < 4.78 is 0. The molecule has 0 fully saturated rings. The molecule has 0 aliphatic carbocycles. The molecule has 1 aromatic carbocycles. The van der Waals surface area contributed by atoms with E-state index in [-0.39, 0.29) is 0 Å². The van der Waals surface area contributed by atoms with Crippen molar-refractivity contribution in [1.29, 1.82) is 0 Å². The first-order valence-corrected chi connectivity index (χ1v) is 7.37. The second-order valence-electron chi connectivity index (χ2n) is 5.59. The summed E-state index contributed by atoms with van der Waals surface area (Å²) >= 11 is 0. The summed E-state index contributed by atoms with van der Waals surface area (Å²) in [5.41, 5.74) is 3.41. The monoisotopic (exact) mass is 284 g/mol. The first-order valence-electron chi connectivity index (χ1n) is 7.37. The minimum Gasteiger partial charge on any atom is -0.368 e. The molecule has 0 atom stereocenters. The lowest BCUT2D eigenvalue weighted by molar-refractivity contribution is 0.719. The molecule has 0 saturated carbocycles. The van der Waals surface area contributed by atoms with Gasteiger partial charge in [0.25, 0.3) is 0 Å². The molecule has 0 amide bonds. The van der Waals surface area contributed by atoms with Gasteiger partial charge in [0.1, 0.15) is 5.82 Å². The van der Waals surface area contributed by atoms with Crippen LogP contribution in [0.15, 0.2) is 36.5 Å². The highest BCUT2D eigenvalue weighted by Crippen LogP contribution is 2.21. The van der Waals surface area contributed by atoms with E-state index in [2.05, 4.69) is 60.4 Å². The average Bonchev–Trinajstić information content (AvgIpc) is 2.48. The van der Waals surface area contributed by atoms with Crippen LogP contribution in [0.1, 0.15) is 36.8 Å². The number of hydrogen-bond acceptors (Lipinski definition) is 4. The van der Waals surface area contributed by atoms with Crippen LogP contribution in [0.25, 0.3) is 0 Å². The molecule has 0 unspecified atom stereocenters. The minimum absolute atomic E-state index is 0.342. The molecule has 0 bridgehead atoms. The summed E-state index contributed by atoms with van der Waals surface area (Å²) in [6, 6.07) is 10.4. The molecule has 0 aliphatic heterocycles. The van der Waals surface area contributed by atoms with Crippen LogP contribution in [0.2, 0.25) is 0 Å². The topological polar surface area (TPSA) is 41.1 Å². The Bertz CT molecular complexity index is 566. The maximum Gasteiger partial charge on any atom is 0.131 e. The van der Waals surface area contributed by atoms with Crippen molar-refractivity contribution in [1.82, 2.24) is 15.3 Å². The lowest BCUT2D eigenvalue weighted by Gasteiger charge is -2.22. The van der Waals surface area contributed by atoms with Crippen LogP contribution < -0.4 is 10.2 Å². The molecule has 0 saturated heterocycles. The average molecular weight is 284 g/mol. The highest BCUT2D eigenvalue weighted by Gasteiger charge is 2.12. The van der Waals surface area contributed by atoms with Gasteiger partial charge in [-0.1, -0.05) is 44.2 Å². The van der Waals surface area contributed by atoms with Crippen LogP contribution in [0.4, 0.5) is 5.69 Å². The number of anilines is 1. The maximum absolute atomic E-state index is 4.71. The largest absolute Gasteiger partial charge is 0.368 e. The van der Waals surface area contributed by atoms with E-state index in [4.69, 9.17) is 4.98 Å². The van der Waals surface area contributed by atoms with Gasteiger partial charge in [-0.15, -0.1) is 0 Å². The Balaban J connectivity index is 2.24. The van der Waals surface area contributed by atoms with Gasteiger partial charge in [0.2, 0.25) is 0 Å². The highest BCUT2D eigenvalue weighted by atomic mass is 15.1. The van der Waals surface area contributed by atoms with Crippen LogP contribution in [-0.4, -0.2) is 24.1 Å². The third-order valence-electron chi connectivity index (χ3n) is 3.40. The number of nitrogens with one attached hydrogen (secondary N) is 1. The van der Waals surface area contributed by atoms with Crippen LogP contribution in [0.5, 0.6) is 0 Å². The highest BCUT2D eigenvalue weighted by molar-refractivity contribution is 5.49. The van der Waals surface area contributed by atoms with Gasteiger partial charge in [0, 0.05) is 26.1 Å². The van der Waals surface area contributed by atoms with Crippen molar-refractivity contribution >= 4 is 5.69 Å². The summed E-state index contributed by atoms with van der Waals surface area (Å²) in [7, 11) is 4.03. The van der Waals surface area contributed by atoms with Gasteiger partial charge in [-0.3, -0.25) is 0 Å². The molecule has 0 spiro atoms. The van der Waals surface area contributed by atoms with Gasteiger partial charge in [0.05, 0.1) is 17.6 Å². The Morgan fingerprint density at radius 3 is 2.52 bits per heavy atom. The molecule has 1 heterocycles. The smallest absolute Gasteiger partial charge is 0.131 e. The van der Waals surface area contributed by atoms with Crippen LogP contribution in [-0.2, 0) is 13.1 Å². The number of aromatic nitrogens is 2. The zero-order valence-electron chi connectivity index (χ0n) is 13.3. The van der Waals surface area contributed by atoms with E-state index >= 15 is 0 Å². The second kappa shape index (κ2) is 7.18. The Morgan fingerprint density at radius 1 is 1.19 bits per heavy atom. The van der Waals surface area contributed by atoms with Crippen molar-refractivity contribution < 1.29 is 0 Å². The fraction of sp³-hybridized carbons (Fsp3) is 0.412. The maximum atomic E-state index is 4.71. The SMILES string of the molecule is CNCc1nc(C(C)C)ncc1N(C)Cc1ccccc1. The molecule has 2 aromatic rings. The van der Waals surface area contributed by atoms with Gasteiger partial charge < -0.3 is 10.2 Å². The van der Waals surface area contributed by atoms with Crippen molar-refractivity contribution in [3.05, 3.63) is 53.6 Å². The van der Waals surface area contributed by atoms with E-state index in [1.54, 1.807) is 0 Å². The lowest BCUT2D eigenvalue weighted by Crippen LogP contribution is -2.21. The lowest BCUT2D eigenvalue weighted by atomic mass is 10.2. The first kappa shape index (κ1) is 15.4. The van der Waals surface area contributed by atoms with Gasteiger partial charge in [-0.2, -0.15) is 0 Å². The predicted molar refractivity (Wildman–Crippen MR) is 87.4 cm³/mol. The Morgan fingerprint density at radius 2 is 1.90 bits per heavy atom. The molecular weight excluding hydrogens is 260 g/mol. The molecule has 0 aliphatic rings. The summed E-state index contributed by atoms with van der Waals surface area (Å²) in [5, 5.41) is 3.19. The molecule has 1 N–H and O–H groups in total. The second-order valence-corrected chi connectivity index (χ2v) is 5.59. The van der Waals surface area contributed by atoms with Crippen LogP contribution >= 0.6 is 0 Å². The summed E-state index contributed by atoms with van der Waals surface area (Å²) in [6.45, 7) is 5.83. The van der Waals surface area contributed by atoms with Gasteiger partial charge in [-0.25, -0.2) is 9.97 Å². The number of benzene rings is 1. The molecule has 2 rings (SSSR count). The van der Waals surface area contributed by atoms with Crippen molar-refractivity contribution in [2.24, 2.45) is 0 Å². The number of rotatable bonds is 6. The van der Waals surface area contributed by atoms with Gasteiger partial charge in [0.15, 0.2) is 0 Å².